The number of hydrogen-bond acceptors (Lipinski definition) is 4. The molecule has 92 valence electrons. The molecule has 0 bridgehead atoms. The molecule has 0 aliphatic heterocycles. The minimum absolute atomic E-state index is 0.367. The predicted octanol–water partition coefficient (Wildman–Crippen LogP) is 2.52. The zero-order valence-corrected chi connectivity index (χ0v) is 10.4. The highest BCUT2D eigenvalue weighted by Crippen LogP contribution is 2.19. The Morgan fingerprint density at radius 3 is 2.47 bits per heavy atom. The average Bonchev–Trinajstić information content (AvgIpc) is 2.33. The molecule has 0 unspecified atom stereocenters. The number of anilines is 1. The van der Waals surface area contributed by atoms with E-state index in [1.165, 1.54) is 0 Å². The lowest BCUT2D eigenvalue weighted by Crippen LogP contribution is -2.26. The van der Waals surface area contributed by atoms with Gasteiger partial charge < -0.3 is 5.32 Å². The fourth-order valence-corrected chi connectivity index (χ4v) is 2.02. The number of rotatable bonds is 3. The summed E-state index contributed by atoms with van der Waals surface area (Å²) in [5.41, 5.74) is 1.01. The van der Waals surface area contributed by atoms with Gasteiger partial charge in [-0.25, -0.2) is 0 Å². The SMILES string of the molecule is CC(C)c1ccc(NC2CCC(=O)CC2)nn1. The Kier molecular flexibility index (Phi) is 3.71. The summed E-state index contributed by atoms with van der Waals surface area (Å²) in [7, 11) is 0. The first-order valence-electron chi connectivity index (χ1n) is 6.27. The van der Waals surface area contributed by atoms with Gasteiger partial charge >= 0.3 is 0 Å². The Hall–Kier alpha value is -1.45. The van der Waals surface area contributed by atoms with Crippen molar-refractivity contribution in [2.75, 3.05) is 5.32 Å². The van der Waals surface area contributed by atoms with Crippen molar-refractivity contribution in [3.05, 3.63) is 17.8 Å². The molecule has 17 heavy (non-hydrogen) atoms. The number of carbonyl (C=O) groups is 1. The van der Waals surface area contributed by atoms with E-state index in [0.717, 1.165) is 24.4 Å². The van der Waals surface area contributed by atoms with Gasteiger partial charge in [-0.2, -0.15) is 5.10 Å². The lowest BCUT2D eigenvalue weighted by atomic mass is 9.94. The Morgan fingerprint density at radius 1 is 1.24 bits per heavy atom. The Balaban J connectivity index is 1.92. The molecule has 1 N–H and O–H groups in total. The number of Topliss-reactive ketones (excluding diaryl/α,β-unsaturated/α-hetero) is 1. The van der Waals surface area contributed by atoms with Crippen LogP contribution in [0.1, 0.15) is 51.1 Å². The molecule has 0 atom stereocenters. The largest absolute Gasteiger partial charge is 0.366 e. The van der Waals surface area contributed by atoms with E-state index < -0.39 is 0 Å². The quantitative estimate of drug-likeness (QED) is 0.871. The van der Waals surface area contributed by atoms with Crippen molar-refractivity contribution in [3.63, 3.8) is 0 Å². The monoisotopic (exact) mass is 233 g/mol. The van der Waals surface area contributed by atoms with Crippen LogP contribution in [0.5, 0.6) is 0 Å². The fraction of sp³-hybridized carbons (Fsp3) is 0.615. The zero-order valence-electron chi connectivity index (χ0n) is 10.4. The van der Waals surface area contributed by atoms with Crippen molar-refractivity contribution in [3.8, 4) is 0 Å². The summed E-state index contributed by atoms with van der Waals surface area (Å²) in [6.45, 7) is 4.20. The predicted molar refractivity (Wildman–Crippen MR) is 67.0 cm³/mol. The van der Waals surface area contributed by atoms with Crippen molar-refractivity contribution in [2.45, 2.75) is 51.5 Å². The fourth-order valence-electron chi connectivity index (χ4n) is 2.02. The maximum Gasteiger partial charge on any atom is 0.148 e. The van der Waals surface area contributed by atoms with Gasteiger partial charge in [0.25, 0.3) is 0 Å². The van der Waals surface area contributed by atoms with Crippen LogP contribution in [0.4, 0.5) is 5.82 Å². The molecule has 0 amide bonds. The molecule has 0 saturated heterocycles. The number of ketones is 1. The molecule has 0 spiro atoms. The maximum absolute atomic E-state index is 11.1. The number of carbonyl (C=O) groups excluding carboxylic acids is 1. The van der Waals surface area contributed by atoms with Crippen LogP contribution in [0, 0.1) is 0 Å². The summed E-state index contributed by atoms with van der Waals surface area (Å²) >= 11 is 0. The highest BCUT2D eigenvalue weighted by atomic mass is 16.1. The summed E-state index contributed by atoms with van der Waals surface area (Å²) in [6.07, 6.45) is 3.20. The molecule has 0 radical (unpaired) electrons. The highest BCUT2D eigenvalue weighted by molar-refractivity contribution is 5.79. The molecule has 4 nitrogen and oxygen atoms in total. The number of hydrogen-bond donors (Lipinski definition) is 1. The molecule has 4 heteroatoms. The minimum atomic E-state index is 0.367. The van der Waals surface area contributed by atoms with Crippen LogP contribution in [0.25, 0.3) is 0 Å². The Morgan fingerprint density at radius 2 is 1.94 bits per heavy atom. The lowest BCUT2D eigenvalue weighted by molar-refractivity contribution is -0.120. The summed E-state index contributed by atoms with van der Waals surface area (Å²) < 4.78 is 0. The van der Waals surface area contributed by atoms with Gasteiger partial charge in [0.05, 0.1) is 5.69 Å². The molecular weight excluding hydrogens is 214 g/mol. The van der Waals surface area contributed by atoms with E-state index in [-0.39, 0.29) is 0 Å². The van der Waals surface area contributed by atoms with E-state index in [2.05, 4.69) is 29.4 Å². The minimum Gasteiger partial charge on any atom is -0.366 e. The number of aromatic nitrogens is 2. The molecule has 1 fully saturated rings. The molecule has 2 rings (SSSR count). The van der Waals surface area contributed by atoms with Gasteiger partial charge in [-0.15, -0.1) is 5.10 Å². The highest BCUT2D eigenvalue weighted by Gasteiger charge is 2.18. The average molecular weight is 233 g/mol. The molecular formula is C13H19N3O. The van der Waals surface area contributed by atoms with Gasteiger partial charge in [0.1, 0.15) is 11.6 Å². The van der Waals surface area contributed by atoms with Crippen LogP contribution in [0.3, 0.4) is 0 Å². The van der Waals surface area contributed by atoms with Crippen LogP contribution >= 0.6 is 0 Å². The number of nitrogens with zero attached hydrogens (tertiary/aromatic N) is 2. The summed E-state index contributed by atoms with van der Waals surface area (Å²) in [5.74, 6) is 1.60. The van der Waals surface area contributed by atoms with Gasteiger partial charge in [0.2, 0.25) is 0 Å². The van der Waals surface area contributed by atoms with Gasteiger partial charge in [-0.1, -0.05) is 13.8 Å². The van der Waals surface area contributed by atoms with Crippen LogP contribution in [0.2, 0.25) is 0 Å². The topological polar surface area (TPSA) is 54.9 Å². The van der Waals surface area contributed by atoms with E-state index in [4.69, 9.17) is 0 Å². The molecule has 1 saturated carbocycles. The van der Waals surface area contributed by atoms with E-state index >= 15 is 0 Å². The smallest absolute Gasteiger partial charge is 0.148 e. The van der Waals surface area contributed by atoms with Crippen LogP contribution in [-0.4, -0.2) is 22.0 Å². The maximum atomic E-state index is 11.1. The van der Waals surface area contributed by atoms with E-state index in [1.807, 2.05) is 12.1 Å². The lowest BCUT2D eigenvalue weighted by Gasteiger charge is -2.22. The van der Waals surface area contributed by atoms with E-state index in [0.29, 0.717) is 30.6 Å². The summed E-state index contributed by atoms with van der Waals surface area (Å²) in [4.78, 5) is 11.1. The van der Waals surface area contributed by atoms with Crippen LogP contribution in [-0.2, 0) is 4.79 Å². The second-order valence-electron chi connectivity index (χ2n) is 4.96. The molecule has 1 heterocycles. The Labute approximate surface area is 102 Å². The third-order valence-electron chi connectivity index (χ3n) is 3.17. The van der Waals surface area contributed by atoms with Crippen molar-refractivity contribution < 1.29 is 4.79 Å². The molecule has 1 aromatic rings. The summed E-state index contributed by atoms with van der Waals surface area (Å²) in [5, 5.41) is 11.7. The van der Waals surface area contributed by atoms with Crippen molar-refractivity contribution in [1.29, 1.82) is 0 Å². The molecule has 1 aliphatic rings. The molecule has 1 aromatic heterocycles. The third kappa shape index (κ3) is 3.25. The Bertz CT molecular complexity index is 376. The van der Waals surface area contributed by atoms with Crippen molar-refractivity contribution in [1.82, 2.24) is 10.2 Å². The van der Waals surface area contributed by atoms with Crippen molar-refractivity contribution >= 4 is 11.6 Å². The second kappa shape index (κ2) is 5.25. The van der Waals surface area contributed by atoms with E-state index in [9.17, 15) is 4.79 Å². The van der Waals surface area contributed by atoms with Gasteiger partial charge in [0.15, 0.2) is 0 Å². The molecule has 1 aliphatic carbocycles. The van der Waals surface area contributed by atoms with Gasteiger partial charge in [-0.05, 0) is 30.9 Å². The summed E-state index contributed by atoms with van der Waals surface area (Å²) in [6, 6.07) is 4.35. The first-order chi connectivity index (χ1) is 8.15. The number of nitrogens with one attached hydrogen (secondary N) is 1. The third-order valence-corrected chi connectivity index (χ3v) is 3.17. The second-order valence-corrected chi connectivity index (χ2v) is 4.96. The standard InChI is InChI=1S/C13H19N3O/c1-9(2)12-7-8-13(16-15-12)14-10-3-5-11(17)6-4-10/h7-10H,3-6H2,1-2H3,(H,14,16). The van der Waals surface area contributed by atoms with Gasteiger partial charge in [-0.3, -0.25) is 4.79 Å². The zero-order chi connectivity index (χ0) is 12.3. The molecule has 0 aromatic carbocycles. The van der Waals surface area contributed by atoms with Crippen LogP contribution in [0.15, 0.2) is 12.1 Å². The van der Waals surface area contributed by atoms with E-state index in [1.54, 1.807) is 0 Å². The first kappa shape index (κ1) is 12.0. The normalized spacial score (nSPS) is 17.5. The first-order valence-corrected chi connectivity index (χ1v) is 6.27. The van der Waals surface area contributed by atoms with Crippen molar-refractivity contribution in [2.24, 2.45) is 0 Å². The van der Waals surface area contributed by atoms with Crippen LogP contribution < -0.4 is 5.32 Å². The van der Waals surface area contributed by atoms with Gasteiger partial charge in [0, 0.05) is 18.9 Å².